The van der Waals surface area contributed by atoms with Crippen LogP contribution in [0.3, 0.4) is 0 Å². The van der Waals surface area contributed by atoms with Gasteiger partial charge < -0.3 is 14.3 Å². The summed E-state index contributed by atoms with van der Waals surface area (Å²) in [5.41, 5.74) is 1.66. The highest BCUT2D eigenvalue weighted by atomic mass is 35.5. The Kier molecular flexibility index (Phi) is 3.51. The van der Waals surface area contributed by atoms with E-state index >= 15 is 0 Å². The van der Waals surface area contributed by atoms with E-state index in [2.05, 4.69) is 17.2 Å². The SMILES string of the molecule is CCNC(c1cn(C)cn1)c1cc2cccc(Cl)c2o1. The van der Waals surface area contributed by atoms with E-state index in [-0.39, 0.29) is 6.04 Å². The lowest BCUT2D eigenvalue weighted by Crippen LogP contribution is -2.21. The molecule has 2 heterocycles. The Morgan fingerprint density at radius 3 is 2.95 bits per heavy atom. The van der Waals surface area contributed by atoms with E-state index in [1.807, 2.05) is 42.1 Å². The molecule has 0 aliphatic rings. The molecule has 0 saturated heterocycles. The Labute approximate surface area is 122 Å². The average molecular weight is 290 g/mol. The molecule has 0 radical (unpaired) electrons. The predicted molar refractivity (Wildman–Crippen MR) is 80.0 cm³/mol. The van der Waals surface area contributed by atoms with E-state index in [1.54, 1.807) is 6.33 Å². The number of benzene rings is 1. The lowest BCUT2D eigenvalue weighted by molar-refractivity contribution is 0.472. The first-order chi connectivity index (χ1) is 9.69. The number of aromatic nitrogens is 2. The standard InChI is InChI=1S/C15H16ClN3O/c1-3-17-14(12-8-19(2)9-18-12)13-7-10-5-4-6-11(16)15(10)20-13/h4-9,14,17H,3H2,1-2H3. The molecular formula is C15H16ClN3O. The Morgan fingerprint density at radius 2 is 2.30 bits per heavy atom. The molecule has 1 N–H and O–H groups in total. The second-order valence-corrected chi connectivity index (χ2v) is 5.17. The van der Waals surface area contributed by atoms with Crippen molar-refractivity contribution in [2.24, 2.45) is 7.05 Å². The Morgan fingerprint density at radius 1 is 1.45 bits per heavy atom. The van der Waals surface area contributed by atoms with Gasteiger partial charge in [-0.05, 0) is 18.7 Å². The number of imidazole rings is 1. The van der Waals surface area contributed by atoms with Gasteiger partial charge in [0.15, 0.2) is 5.58 Å². The van der Waals surface area contributed by atoms with Gasteiger partial charge in [-0.15, -0.1) is 0 Å². The maximum atomic E-state index is 6.17. The molecule has 0 aliphatic heterocycles. The van der Waals surface area contributed by atoms with Crippen LogP contribution in [0.15, 0.2) is 41.2 Å². The molecule has 0 fully saturated rings. The normalized spacial score (nSPS) is 12.9. The third kappa shape index (κ3) is 2.32. The Bertz CT molecular complexity index is 732. The Balaban J connectivity index is 2.07. The topological polar surface area (TPSA) is 43.0 Å². The van der Waals surface area contributed by atoms with Gasteiger partial charge in [0.25, 0.3) is 0 Å². The maximum Gasteiger partial charge on any atom is 0.152 e. The number of aryl methyl sites for hydroxylation is 1. The van der Waals surface area contributed by atoms with E-state index in [0.29, 0.717) is 5.02 Å². The zero-order valence-electron chi connectivity index (χ0n) is 11.4. The van der Waals surface area contributed by atoms with Crippen molar-refractivity contribution in [3.63, 3.8) is 0 Å². The molecule has 3 rings (SSSR count). The number of fused-ring (bicyclic) bond motifs is 1. The van der Waals surface area contributed by atoms with Crippen molar-refractivity contribution >= 4 is 22.6 Å². The van der Waals surface area contributed by atoms with Crippen molar-refractivity contribution in [2.75, 3.05) is 6.54 Å². The summed E-state index contributed by atoms with van der Waals surface area (Å²) in [6.07, 6.45) is 3.78. The molecule has 0 amide bonds. The minimum atomic E-state index is -0.0651. The van der Waals surface area contributed by atoms with E-state index in [9.17, 15) is 0 Å². The highest BCUT2D eigenvalue weighted by Crippen LogP contribution is 2.31. The molecule has 5 heteroatoms. The largest absolute Gasteiger partial charge is 0.457 e. The predicted octanol–water partition coefficient (Wildman–Crippen LogP) is 3.52. The van der Waals surface area contributed by atoms with E-state index in [0.717, 1.165) is 29.0 Å². The van der Waals surface area contributed by atoms with Crippen LogP contribution in [0, 0.1) is 0 Å². The molecule has 0 bridgehead atoms. The molecule has 1 aromatic carbocycles. The second-order valence-electron chi connectivity index (χ2n) is 4.76. The summed E-state index contributed by atoms with van der Waals surface area (Å²) in [5.74, 6) is 0.827. The van der Waals surface area contributed by atoms with Gasteiger partial charge in [0.05, 0.1) is 17.0 Å². The van der Waals surface area contributed by atoms with E-state index in [4.69, 9.17) is 16.0 Å². The van der Waals surface area contributed by atoms with Gasteiger partial charge in [-0.1, -0.05) is 30.7 Å². The van der Waals surface area contributed by atoms with Crippen LogP contribution in [0.4, 0.5) is 0 Å². The number of nitrogens with one attached hydrogen (secondary N) is 1. The van der Waals surface area contributed by atoms with Crippen LogP contribution in [0.5, 0.6) is 0 Å². The fourth-order valence-corrected chi connectivity index (χ4v) is 2.55. The van der Waals surface area contributed by atoms with Crippen LogP contribution < -0.4 is 5.32 Å². The number of halogens is 1. The summed E-state index contributed by atoms with van der Waals surface area (Å²) in [7, 11) is 1.95. The smallest absolute Gasteiger partial charge is 0.152 e. The summed E-state index contributed by atoms with van der Waals surface area (Å²) >= 11 is 6.17. The molecule has 1 unspecified atom stereocenters. The number of hydrogen-bond donors (Lipinski definition) is 1. The van der Waals surface area contributed by atoms with Crippen molar-refractivity contribution in [2.45, 2.75) is 13.0 Å². The van der Waals surface area contributed by atoms with Gasteiger partial charge in [0.1, 0.15) is 11.8 Å². The molecule has 3 aromatic rings. The Hall–Kier alpha value is -1.78. The van der Waals surface area contributed by atoms with Gasteiger partial charge in [-0.3, -0.25) is 0 Å². The first kappa shape index (κ1) is 13.2. The number of furan rings is 1. The molecule has 0 spiro atoms. The van der Waals surface area contributed by atoms with Gasteiger partial charge in [0, 0.05) is 18.6 Å². The third-order valence-corrected chi connectivity index (χ3v) is 3.53. The highest BCUT2D eigenvalue weighted by molar-refractivity contribution is 6.34. The zero-order chi connectivity index (χ0) is 14.1. The molecule has 20 heavy (non-hydrogen) atoms. The lowest BCUT2D eigenvalue weighted by Gasteiger charge is -2.12. The van der Waals surface area contributed by atoms with Crippen molar-refractivity contribution < 1.29 is 4.42 Å². The molecule has 1 atom stereocenters. The first-order valence-electron chi connectivity index (χ1n) is 6.58. The fraction of sp³-hybridized carbons (Fsp3) is 0.267. The summed E-state index contributed by atoms with van der Waals surface area (Å²) in [6, 6.07) is 7.70. The van der Waals surface area contributed by atoms with E-state index < -0.39 is 0 Å². The number of nitrogens with zero attached hydrogens (tertiary/aromatic N) is 2. The molecule has 4 nitrogen and oxygen atoms in total. The van der Waals surface area contributed by atoms with Crippen molar-refractivity contribution in [3.05, 3.63) is 53.3 Å². The van der Waals surface area contributed by atoms with Crippen LogP contribution in [0.1, 0.15) is 24.4 Å². The van der Waals surface area contributed by atoms with Crippen LogP contribution >= 0.6 is 11.6 Å². The second kappa shape index (κ2) is 5.31. The number of hydrogen-bond acceptors (Lipinski definition) is 3. The van der Waals surface area contributed by atoms with Gasteiger partial charge in [0.2, 0.25) is 0 Å². The van der Waals surface area contributed by atoms with Crippen LogP contribution in [-0.2, 0) is 7.05 Å². The monoisotopic (exact) mass is 289 g/mol. The fourth-order valence-electron chi connectivity index (χ4n) is 2.33. The molecule has 2 aromatic heterocycles. The minimum absolute atomic E-state index is 0.0651. The van der Waals surface area contributed by atoms with Crippen LogP contribution in [0.25, 0.3) is 11.0 Å². The van der Waals surface area contributed by atoms with Crippen molar-refractivity contribution in [1.82, 2.24) is 14.9 Å². The number of rotatable bonds is 4. The molecular weight excluding hydrogens is 274 g/mol. The molecule has 0 aliphatic carbocycles. The zero-order valence-corrected chi connectivity index (χ0v) is 12.2. The minimum Gasteiger partial charge on any atom is -0.457 e. The molecule has 0 saturated carbocycles. The van der Waals surface area contributed by atoms with Crippen molar-refractivity contribution in [3.8, 4) is 0 Å². The van der Waals surface area contributed by atoms with Crippen LogP contribution in [0.2, 0.25) is 5.02 Å². The average Bonchev–Trinajstić information content (AvgIpc) is 3.03. The number of para-hydroxylation sites is 1. The summed E-state index contributed by atoms with van der Waals surface area (Å²) in [4.78, 5) is 4.41. The summed E-state index contributed by atoms with van der Waals surface area (Å²) in [6.45, 7) is 2.89. The third-order valence-electron chi connectivity index (χ3n) is 3.23. The summed E-state index contributed by atoms with van der Waals surface area (Å²) in [5, 5.41) is 5.03. The van der Waals surface area contributed by atoms with Gasteiger partial charge in [-0.25, -0.2) is 4.98 Å². The lowest BCUT2D eigenvalue weighted by atomic mass is 10.1. The van der Waals surface area contributed by atoms with Crippen molar-refractivity contribution in [1.29, 1.82) is 0 Å². The highest BCUT2D eigenvalue weighted by Gasteiger charge is 2.20. The molecule has 104 valence electrons. The quantitative estimate of drug-likeness (QED) is 0.799. The maximum absolute atomic E-state index is 6.17. The van der Waals surface area contributed by atoms with E-state index in [1.165, 1.54) is 0 Å². The van der Waals surface area contributed by atoms with Gasteiger partial charge in [-0.2, -0.15) is 0 Å². The summed E-state index contributed by atoms with van der Waals surface area (Å²) < 4.78 is 7.86. The first-order valence-corrected chi connectivity index (χ1v) is 6.96. The van der Waals surface area contributed by atoms with Crippen LogP contribution in [-0.4, -0.2) is 16.1 Å². The van der Waals surface area contributed by atoms with Gasteiger partial charge >= 0.3 is 0 Å².